The molecule has 138 valence electrons. The lowest BCUT2D eigenvalue weighted by Crippen LogP contribution is -2.11. The standard InChI is InChI=1S/C16H15ClF3N5S/c1-7-4-9-5-10(22-14(17)13(9)25(7)3)8(2)26-15-23-11(16(18,19)20)6-12(21)24-15/h4-6,8H,1-3H3,(H2,21,23,24). The van der Waals surface area contributed by atoms with Crippen LogP contribution in [-0.4, -0.2) is 19.5 Å². The molecule has 0 aliphatic heterocycles. The largest absolute Gasteiger partial charge is 0.433 e. The van der Waals surface area contributed by atoms with Crippen LogP contribution in [0.1, 0.15) is 29.3 Å². The SMILES string of the molecule is Cc1cc2cc(C(C)Sc3nc(N)cc(C(F)(F)F)n3)nc(Cl)c2n1C. The molecule has 0 fully saturated rings. The van der Waals surface area contributed by atoms with E-state index in [2.05, 4.69) is 15.0 Å². The zero-order valence-corrected chi connectivity index (χ0v) is 15.7. The first kappa shape index (κ1) is 18.8. The minimum atomic E-state index is -4.59. The molecule has 0 aliphatic carbocycles. The van der Waals surface area contributed by atoms with Crippen molar-refractivity contribution in [3.63, 3.8) is 0 Å². The van der Waals surface area contributed by atoms with E-state index >= 15 is 0 Å². The summed E-state index contributed by atoms with van der Waals surface area (Å²) in [6, 6.07) is 4.55. The zero-order valence-electron chi connectivity index (χ0n) is 14.1. The highest BCUT2D eigenvalue weighted by molar-refractivity contribution is 7.99. The van der Waals surface area contributed by atoms with Crippen molar-refractivity contribution in [1.82, 2.24) is 19.5 Å². The summed E-state index contributed by atoms with van der Waals surface area (Å²) in [5, 5.41) is 0.870. The molecule has 3 heterocycles. The van der Waals surface area contributed by atoms with Gasteiger partial charge in [-0.25, -0.2) is 15.0 Å². The summed E-state index contributed by atoms with van der Waals surface area (Å²) in [7, 11) is 1.89. The first-order valence-corrected chi connectivity index (χ1v) is 8.83. The molecule has 10 heteroatoms. The molecular formula is C16H15ClF3N5S. The molecule has 0 saturated carbocycles. The third kappa shape index (κ3) is 3.59. The first-order valence-electron chi connectivity index (χ1n) is 7.57. The first-order chi connectivity index (χ1) is 12.1. The molecule has 1 unspecified atom stereocenters. The van der Waals surface area contributed by atoms with E-state index in [1.54, 1.807) is 6.92 Å². The molecule has 0 spiro atoms. The average molecular weight is 402 g/mol. The highest BCUT2D eigenvalue weighted by atomic mass is 35.5. The third-order valence-corrected chi connectivity index (χ3v) is 5.19. The van der Waals surface area contributed by atoms with Crippen LogP contribution in [0.15, 0.2) is 23.4 Å². The number of hydrogen-bond acceptors (Lipinski definition) is 5. The molecule has 1 atom stereocenters. The molecule has 0 saturated heterocycles. The van der Waals surface area contributed by atoms with Gasteiger partial charge in [0.1, 0.15) is 5.82 Å². The Kier molecular flexibility index (Phi) is 4.78. The number of rotatable bonds is 3. The molecule has 0 bridgehead atoms. The van der Waals surface area contributed by atoms with Crippen molar-refractivity contribution in [2.75, 3.05) is 5.73 Å². The van der Waals surface area contributed by atoms with Crippen LogP contribution >= 0.6 is 23.4 Å². The van der Waals surface area contributed by atoms with E-state index in [0.717, 1.165) is 28.4 Å². The second-order valence-electron chi connectivity index (χ2n) is 5.84. The normalized spacial score (nSPS) is 13.3. The Bertz CT molecular complexity index is 986. The summed E-state index contributed by atoms with van der Waals surface area (Å²) in [6.07, 6.45) is -4.59. The average Bonchev–Trinajstić information content (AvgIpc) is 2.80. The summed E-state index contributed by atoms with van der Waals surface area (Å²) in [5.74, 6) is -0.234. The number of aromatic nitrogens is 4. The Morgan fingerprint density at radius 3 is 2.54 bits per heavy atom. The minimum absolute atomic E-state index is 0.0629. The molecule has 0 aliphatic rings. The summed E-state index contributed by atoms with van der Waals surface area (Å²) in [5.41, 5.74) is 6.87. The van der Waals surface area contributed by atoms with E-state index in [4.69, 9.17) is 17.3 Å². The number of aryl methyl sites for hydroxylation is 2. The van der Waals surface area contributed by atoms with Crippen molar-refractivity contribution in [2.45, 2.75) is 30.4 Å². The van der Waals surface area contributed by atoms with E-state index in [0.29, 0.717) is 16.9 Å². The maximum absolute atomic E-state index is 12.9. The van der Waals surface area contributed by atoms with Gasteiger partial charge in [-0.05, 0) is 26.0 Å². The van der Waals surface area contributed by atoms with Crippen LogP contribution in [-0.2, 0) is 13.2 Å². The Labute approximate surface area is 156 Å². The fourth-order valence-electron chi connectivity index (χ4n) is 2.55. The summed E-state index contributed by atoms with van der Waals surface area (Å²) >= 11 is 7.34. The van der Waals surface area contributed by atoms with Gasteiger partial charge in [-0.15, -0.1) is 0 Å². The monoisotopic (exact) mass is 401 g/mol. The maximum atomic E-state index is 12.9. The van der Waals surface area contributed by atoms with Crippen LogP contribution in [0.25, 0.3) is 10.9 Å². The smallest absolute Gasteiger partial charge is 0.384 e. The summed E-state index contributed by atoms with van der Waals surface area (Å²) in [4.78, 5) is 11.8. The summed E-state index contributed by atoms with van der Waals surface area (Å²) < 4.78 is 40.6. The van der Waals surface area contributed by atoms with Crippen LogP contribution in [0, 0.1) is 6.92 Å². The highest BCUT2D eigenvalue weighted by Gasteiger charge is 2.33. The van der Waals surface area contributed by atoms with Gasteiger partial charge >= 0.3 is 6.18 Å². The lowest BCUT2D eigenvalue weighted by Gasteiger charge is -2.13. The molecule has 3 rings (SSSR count). The third-order valence-electron chi connectivity index (χ3n) is 3.94. The van der Waals surface area contributed by atoms with Crippen molar-refractivity contribution in [1.29, 1.82) is 0 Å². The lowest BCUT2D eigenvalue weighted by atomic mass is 10.2. The number of alkyl halides is 3. The van der Waals surface area contributed by atoms with E-state index < -0.39 is 11.9 Å². The van der Waals surface area contributed by atoms with Crippen LogP contribution in [0.2, 0.25) is 5.15 Å². The van der Waals surface area contributed by atoms with Gasteiger partial charge in [-0.1, -0.05) is 23.4 Å². The number of nitrogens with two attached hydrogens (primary N) is 1. The molecule has 0 aromatic carbocycles. The van der Waals surface area contributed by atoms with Crippen LogP contribution in [0.5, 0.6) is 0 Å². The highest BCUT2D eigenvalue weighted by Crippen LogP contribution is 2.37. The molecular weight excluding hydrogens is 387 g/mol. The number of hydrogen-bond donors (Lipinski definition) is 1. The fourth-order valence-corrected chi connectivity index (χ4v) is 3.75. The van der Waals surface area contributed by atoms with Gasteiger partial charge in [-0.2, -0.15) is 13.2 Å². The fraction of sp³-hybridized carbons (Fsp3) is 0.312. The molecule has 0 amide bonds. The van der Waals surface area contributed by atoms with E-state index in [9.17, 15) is 13.2 Å². The van der Waals surface area contributed by atoms with Crippen LogP contribution in [0.4, 0.5) is 19.0 Å². The van der Waals surface area contributed by atoms with Gasteiger partial charge in [0.15, 0.2) is 16.0 Å². The Balaban J connectivity index is 1.95. The quantitative estimate of drug-likeness (QED) is 0.388. The second-order valence-corrected chi connectivity index (χ2v) is 7.50. The number of nitrogens with zero attached hydrogens (tertiary/aromatic N) is 4. The van der Waals surface area contributed by atoms with Crippen molar-refractivity contribution < 1.29 is 13.2 Å². The minimum Gasteiger partial charge on any atom is -0.384 e. The summed E-state index contributed by atoms with van der Waals surface area (Å²) in [6.45, 7) is 3.75. The lowest BCUT2D eigenvalue weighted by molar-refractivity contribution is -0.141. The molecule has 0 radical (unpaired) electrons. The van der Waals surface area contributed by atoms with Crippen molar-refractivity contribution in [3.05, 3.63) is 40.4 Å². The van der Waals surface area contributed by atoms with Gasteiger partial charge < -0.3 is 10.3 Å². The number of anilines is 1. The van der Waals surface area contributed by atoms with Crippen molar-refractivity contribution in [2.24, 2.45) is 7.05 Å². The van der Waals surface area contributed by atoms with Gasteiger partial charge in [0.05, 0.1) is 16.5 Å². The van der Waals surface area contributed by atoms with Gasteiger partial charge in [0, 0.05) is 24.2 Å². The number of thioether (sulfide) groups is 1. The Morgan fingerprint density at radius 2 is 1.88 bits per heavy atom. The number of halogens is 4. The number of fused-ring (bicyclic) bond motifs is 1. The second kappa shape index (κ2) is 6.62. The Hall–Kier alpha value is -2.00. The Morgan fingerprint density at radius 1 is 1.19 bits per heavy atom. The predicted molar refractivity (Wildman–Crippen MR) is 96.2 cm³/mol. The van der Waals surface area contributed by atoms with Gasteiger partial charge in [0.2, 0.25) is 0 Å². The molecule has 3 aromatic rings. The number of pyridine rings is 1. The molecule has 26 heavy (non-hydrogen) atoms. The van der Waals surface area contributed by atoms with Crippen LogP contribution in [0.3, 0.4) is 0 Å². The predicted octanol–water partition coefficient (Wildman–Crippen LogP) is 4.78. The van der Waals surface area contributed by atoms with E-state index in [1.165, 1.54) is 0 Å². The van der Waals surface area contributed by atoms with Gasteiger partial charge in [0.25, 0.3) is 0 Å². The molecule has 3 aromatic heterocycles. The molecule has 2 N–H and O–H groups in total. The van der Waals surface area contributed by atoms with Crippen molar-refractivity contribution in [3.8, 4) is 0 Å². The van der Waals surface area contributed by atoms with Crippen molar-refractivity contribution >= 4 is 40.1 Å². The zero-order chi connectivity index (χ0) is 19.2. The van der Waals surface area contributed by atoms with Crippen LogP contribution < -0.4 is 5.73 Å². The topological polar surface area (TPSA) is 69.6 Å². The van der Waals surface area contributed by atoms with E-state index in [1.807, 2.05) is 30.7 Å². The molecule has 5 nitrogen and oxygen atoms in total. The maximum Gasteiger partial charge on any atom is 0.433 e. The van der Waals surface area contributed by atoms with E-state index in [-0.39, 0.29) is 16.2 Å². The number of nitrogen functional groups attached to an aromatic ring is 1. The van der Waals surface area contributed by atoms with Gasteiger partial charge in [-0.3, -0.25) is 0 Å².